The van der Waals surface area contributed by atoms with Gasteiger partial charge in [-0.15, -0.1) is 53.6 Å². The van der Waals surface area contributed by atoms with Crippen molar-refractivity contribution in [1.82, 2.24) is 19.5 Å². The molecule has 265 valence electrons. The van der Waals surface area contributed by atoms with Crippen molar-refractivity contribution in [3.8, 4) is 28.3 Å². The third-order valence-electron chi connectivity index (χ3n) is 9.51. The molecule has 0 spiro atoms. The number of aryl methyl sites for hydroxylation is 1. The minimum Gasteiger partial charge on any atom is -0.501 e. The predicted octanol–water partition coefficient (Wildman–Crippen LogP) is 11.4. The summed E-state index contributed by atoms with van der Waals surface area (Å²) in [5.41, 5.74) is 11.4. The van der Waals surface area contributed by atoms with Gasteiger partial charge in [0.25, 0.3) is 0 Å². The molecule has 0 N–H and O–H groups in total. The number of furan rings is 1. The van der Waals surface area contributed by atoms with Gasteiger partial charge in [0.1, 0.15) is 5.58 Å². The molecule has 0 atom stereocenters. The van der Waals surface area contributed by atoms with Gasteiger partial charge >= 0.3 is 0 Å². The van der Waals surface area contributed by atoms with Gasteiger partial charge in [0, 0.05) is 43.6 Å². The van der Waals surface area contributed by atoms with E-state index in [0.717, 1.165) is 61.2 Å². The molecule has 0 amide bonds. The molecule has 0 aliphatic rings. The Morgan fingerprint density at radius 1 is 0.788 bits per heavy atom. The molecule has 0 aliphatic carbocycles. The number of aromatic nitrogens is 4. The van der Waals surface area contributed by atoms with Crippen molar-refractivity contribution in [3.63, 3.8) is 0 Å². The van der Waals surface area contributed by atoms with Crippen molar-refractivity contribution in [2.45, 2.75) is 66.1 Å². The predicted molar refractivity (Wildman–Crippen MR) is 215 cm³/mol. The summed E-state index contributed by atoms with van der Waals surface area (Å²) in [6, 6.07) is 37.9. The van der Waals surface area contributed by atoms with E-state index < -0.39 is 8.07 Å². The molecule has 4 aromatic carbocycles. The van der Waals surface area contributed by atoms with E-state index >= 15 is 0 Å². The molecule has 52 heavy (non-hydrogen) atoms. The first-order valence-electron chi connectivity index (χ1n) is 17.7. The molecule has 0 aliphatic heterocycles. The molecular weight excluding hydrogens is 833 g/mol. The zero-order chi connectivity index (χ0) is 35.9. The number of pyridine rings is 2. The van der Waals surface area contributed by atoms with Crippen LogP contribution in [0.25, 0.3) is 61.3 Å². The molecule has 4 aromatic heterocycles. The molecule has 0 fully saturated rings. The molecule has 0 saturated heterocycles. The standard InChI is InChI=1S/C31H28N3O.C14H16NSi.Ir/c1-18(2)21-10-8-11-22(19(3)4)29(21)34-26-15-16-32-17-25(26)33-31(34)24-14-13-20(5)28-23-9-6-7-12-27(23)35-30(24)28;1-16(2,3)13-9-10-14(15-11-13)12-7-5-4-6-8-12;/h6-13,15-19H,1-5H3;4-7,9-11H,1-3H3;/q2*-1;. The zero-order valence-corrected chi connectivity index (χ0v) is 34.5. The van der Waals surface area contributed by atoms with Crippen LogP contribution in [0.15, 0.2) is 114 Å². The van der Waals surface area contributed by atoms with Crippen LogP contribution in [0, 0.1) is 19.1 Å². The van der Waals surface area contributed by atoms with Crippen molar-refractivity contribution in [1.29, 1.82) is 0 Å². The van der Waals surface area contributed by atoms with Crippen molar-refractivity contribution < 1.29 is 24.5 Å². The van der Waals surface area contributed by atoms with Crippen LogP contribution < -0.4 is 5.19 Å². The third kappa shape index (κ3) is 7.05. The molecule has 8 aromatic rings. The molecule has 7 heteroatoms. The summed E-state index contributed by atoms with van der Waals surface area (Å²) >= 11 is 0. The first-order valence-corrected chi connectivity index (χ1v) is 21.2. The summed E-state index contributed by atoms with van der Waals surface area (Å²) in [6.45, 7) is 18.1. The number of para-hydroxylation sites is 2. The Morgan fingerprint density at radius 3 is 2.17 bits per heavy atom. The van der Waals surface area contributed by atoms with Gasteiger partial charge in [-0.1, -0.05) is 114 Å². The van der Waals surface area contributed by atoms with Crippen LogP contribution >= 0.6 is 0 Å². The van der Waals surface area contributed by atoms with Crippen LogP contribution in [0.5, 0.6) is 0 Å². The van der Waals surface area contributed by atoms with E-state index in [4.69, 9.17) is 9.40 Å². The Balaban J connectivity index is 0.000000230. The fourth-order valence-electron chi connectivity index (χ4n) is 6.74. The molecule has 0 saturated carbocycles. The van der Waals surface area contributed by atoms with Crippen LogP contribution in [0.3, 0.4) is 0 Å². The largest absolute Gasteiger partial charge is 0.501 e. The van der Waals surface area contributed by atoms with E-state index in [-0.39, 0.29) is 20.1 Å². The van der Waals surface area contributed by atoms with E-state index in [0.29, 0.717) is 11.8 Å². The molecule has 4 heterocycles. The molecule has 0 bridgehead atoms. The van der Waals surface area contributed by atoms with E-state index in [9.17, 15) is 0 Å². The number of rotatable bonds is 6. The normalized spacial score (nSPS) is 11.7. The number of fused-ring (bicyclic) bond motifs is 4. The molecule has 8 rings (SSSR count). The molecule has 5 nitrogen and oxygen atoms in total. The Hall–Kier alpha value is -4.68. The van der Waals surface area contributed by atoms with Crippen LogP contribution in [-0.2, 0) is 20.1 Å². The first kappa shape index (κ1) is 37.1. The van der Waals surface area contributed by atoms with Gasteiger partial charge in [-0.3, -0.25) is 9.97 Å². The van der Waals surface area contributed by atoms with Crippen LogP contribution in [0.2, 0.25) is 19.6 Å². The monoisotopic (exact) mass is 877 g/mol. The summed E-state index contributed by atoms with van der Waals surface area (Å²) in [5.74, 6) is 1.53. The van der Waals surface area contributed by atoms with Gasteiger partial charge in [-0.25, -0.2) is 0 Å². The van der Waals surface area contributed by atoms with Crippen LogP contribution in [0.4, 0.5) is 0 Å². The Kier molecular flexibility index (Phi) is 10.8. The van der Waals surface area contributed by atoms with Crippen molar-refractivity contribution in [2.24, 2.45) is 0 Å². The summed E-state index contributed by atoms with van der Waals surface area (Å²) in [6.07, 6.45) is 5.70. The number of imidazole rings is 1. The topological polar surface area (TPSA) is 56.7 Å². The third-order valence-corrected chi connectivity index (χ3v) is 11.5. The van der Waals surface area contributed by atoms with Gasteiger partial charge in [-0.2, -0.15) is 0 Å². The van der Waals surface area contributed by atoms with E-state index in [1.54, 1.807) is 0 Å². The minimum atomic E-state index is -1.23. The average Bonchev–Trinajstić information content (AvgIpc) is 3.71. The van der Waals surface area contributed by atoms with Crippen molar-refractivity contribution in [3.05, 3.63) is 138 Å². The maximum absolute atomic E-state index is 6.46. The average molecular weight is 877 g/mol. The quantitative estimate of drug-likeness (QED) is 0.123. The second-order valence-corrected chi connectivity index (χ2v) is 19.9. The van der Waals surface area contributed by atoms with Gasteiger partial charge in [0.05, 0.1) is 36.7 Å². The van der Waals surface area contributed by atoms with Crippen molar-refractivity contribution >= 4 is 46.2 Å². The Morgan fingerprint density at radius 2 is 1.52 bits per heavy atom. The van der Waals surface area contributed by atoms with Gasteiger partial charge < -0.3 is 14.0 Å². The maximum atomic E-state index is 6.46. The van der Waals surface area contributed by atoms with Gasteiger partial charge in [-0.05, 0) is 46.0 Å². The molecule has 0 unspecified atom stereocenters. The van der Waals surface area contributed by atoms with Gasteiger partial charge in [0.15, 0.2) is 0 Å². The summed E-state index contributed by atoms with van der Waals surface area (Å²) in [5, 5.41) is 3.63. The smallest absolute Gasteiger partial charge is 0.120 e. The number of benzene rings is 4. The zero-order valence-electron chi connectivity index (χ0n) is 31.1. The maximum Gasteiger partial charge on any atom is 0.120 e. The fraction of sp³-hybridized carbons (Fsp3) is 0.222. The summed E-state index contributed by atoms with van der Waals surface area (Å²) < 4.78 is 8.76. The van der Waals surface area contributed by atoms with Gasteiger partial charge in [0.2, 0.25) is 0 Å². The van der Waals surface area contributed by atoms with Crippen molar-refractivity contribution in [2.75, 3.05) is 0 Å². The Labute approximate surface area is 321 Å². The van der Waals surface area contributed by atoms with E-state index in [2.05, 4.69) is 136 Å². The number of hydrogen-bond acceptors (Lipinski definition) is 4. The fourth-order valence-corrected chi connectivity index (χ4v) is 7.78. The second kappa shape index (κ2) is 15.1. The Bertz CT molecular complexity index is 2450. The van der Waals surface area contributed by atoms with Crippen LogP contribution in [-0.4, -0.2) is 27.6 Å². The van der Waals surface area contributed by atoms with E-state index in [1.165, 1.54) is 22.0 Å². The minimum absolute atomic E-state index is 0. The second-order valence-electron chi connectivity index (χ2n) is 14.8. The van der Waals surface area contributed by atoms with Crippen LogP contribution in [0.1, 0.15) is 56.2 Å². The molecule has 1 radical (unpaired) electrons. The summed E-state index contributed by atoms with van der Waals surface area (Å²) in [4.78, 5) is 14.0. The van der Waals surface area contributed by atoms with E-state index in [1.807, 2.05) is 55.0 Å². The molecular formula is C45H44IrN4OSi-2. The number of nitrogens with zero attached hydrogens (tertiary/aromatic N) is 4. The number of hydrogen-bond donors (Lipinski definition) is 0. The first-order chi connectivity index (χ1) is 24.5. The SMILES string of the molecule is C[Si](C)(C)c1ccc(-c2[c-]cccc2)nc1.Cc1c[c-]c(-c2nc3cnccc3n2-c2c(C(C)C)cccc2C(C)C)c2oc3ccccc3c12.[Ir]. The summed E-state index contributed by atoms with van der Waals surface area (Å²) in [7, 11) is -1.23.